The first-order valence-electron chi connectivity index (χ1n) is 8.04. The summed E-state index contributed by atoms with van der Waals surface area (Å²) in [7, 11) is 0. The lowest BCUT2D eigenvalue weighted by Gasteiger charge is -2.08. The molecule has 3 aromatic rings. The lowest BCUT2D eigenvalue weighted by atomic mass is 10.1. The van der Waals surface area contributed by atoms with Gasteiger partial charge < -0.3 is 14.5 Å². The number of nitrogens with one attached hydrogen (secondary N) is 1. The van der Waals surface area contributed by atoms with Gasteiger partial charge in [-0.15, -0.1) is 0 Å². The summed E-state index contributed by atoms with van der Waals surface area (Å²) >= 11 is 0. The molecule has 0 unspecified atom stereocenters. The van der Waals surface area contributed by atoms with Crippen molar-refractivity contribution in [1.29, 1.82) is 0 Å². The molecule has 4 heteroatoms. The van der Waals surface area contributed by atoms with E-state index in [-0.39, 0.29) is 5.91 Å². The van der Waals surface area contributed by atoms with Gasteiger partial charge in [-0.05, 0) is 57.5 Å². The molecule has 0 bridgehead atoms. The summed E-state index contributed by atoms with van der Waals surface area (Å²) < 4.78 is 11.3. The summed E-state index contributed by atoms with van der Waals surface area (Å²) in [6.07, 6.45) is 0. The minimum absolute atomic E-state index is 0.242. The van der Waals surface area contributed by atoms with E-state index in [2.05, 4.69) is 5.32 Å². The SMILES string of the molecule is CCOc1ccc2oc(C(=O)Nc3ccc(C)cc3C)c(C)c2c1. The van der Waals surface area contributed by atoms with Crippen molar-refractivity contribution >= 4 is 22.6 Å². The number of rotatable bonds is 4. The highest BCUT2D eigenvalue weighted by molar-refractivity contribution is 6.06. The first-order chi connectivity index (χ1) is 11.5. The number of amides is 1. The maximum absolute atomic E-state index is 12.6. The van der Waals surface area contributed by atoms with Gasteiger partial charge in [0.15, 0.2) is 5.76 Å². The minimum Gasteiger partial charge on any atom is -0.494 e. The fourth-order valence-electron chi connectivity index (χ4n) is 2.81. The van der Waals surface area contributed by atoms with Gasteiger partial charge in [-0.25, -0.2) is 0 Å². The van der Waals surface area contributed by atoms with Crippen LogP contribution in [0.1, 0.15) is 34.2 Å². The molecule has 2 aromatic carbocycles. The van der Waals surface area contributed by atoms with E-state index in [9.17, 15) is 4.79 Å². The molecule has 1 amide bonds. The fourth-order valence-corrected chi connectivity index (χ4v) is 2.81. The molecule has 0 fully saturated rings. The summed E-state index contributed by atoms with van der Waals surface area (Å²) in [4.78, 5) is 12.6. The van der Waals surface area contributed by atoms with Crippen LogP contribution < -0.4 is 10.1 Å². The smallest absolute Gasteiger partial charge is 0.291 e. The quantitative estimate of drug-likeness (QED) is 0.734. The third-order valence-corrected chi connectivity index (χ3v) is 4.05. The Labute approximate surface area is 141 Å². The van der Waals surface area contributed by atoms with Crippen molar-refractivity contribution in [2.24, 2.45) is 0 Å². The molecule has 3 rings (SSSR count). The summed E-state index contributed by atoms with van der Waals surface area (Å²) in [5.41, 5.74) is 4.47. The second-order valence-electron chi connectivity index (χ2n) is 5.92. The first kappa shape index (κ1) is 16.1. The van der Waals surface area contributed by atoms with Gasteiger partial charge in [0.1, 0.15) is 11.3 Å². The Balaban J connectivity index is 1.93. The highest BCUT2D eigenvalue weighted by Crippen LogP contribution is 2.29. The van der Waals surface area contributed by atoms with Crippen LogP contribution in [-0.4, -0.2) is 12.5 Å². The molecule has 0 saturated heterocycles. The number of hydrogen-bond donors (Lipinski definition) is 1. The number of fused-ring (bicyclic) bond motifs is 1. The predicted molar refractivity (Wildman–Crippen MR) is 96.0 cm³/mol. The number of ether oxygens (including phenoxy) is 1. The number of hydrogen-bond acceptors (Lipinski definition) is 3. The molecule has 0 radical (unpaired) electrons. The molecule has 24 heavy (non-hydrogen) atoms. The summed E-state index contributed by atoms with van der Waals surface area (Å²) in [6, 6.07) is 11.5. The van der Waals surface area contributed by atoms with Gasteiger partial charge >= 0.3 is 0 Å². The molecule has 124 valence electrons. The standard InChI is InChI=1S/C20H21NO3/c1-5-23-15-7-9-18-16(11-15)14(4)19(24-18)20(22)21-17-8-6-12(2)10-13(17)3/h6-11H,5H2,1-4H3,(H,21,22). The molecular weight excluding hydrogens is 302 g/mol. The third kappa shape index (κ3) is 3.00. The zero-order valence-corrected chi connectivity index (χ0v) is 14.4. The van der Waals surface area contributed by atoms with E-state index in [4.69, 9.17) is 9.15 Å². The Morgan fingerprint density at radius 1 is 1.12 bits per heavy atom. The maximum Gasteiger partial charge on any atom is 0.291 e. The summed E-state index contributed by atoms with van der Waals surface area (Å²) in [5, 5.41) is 3.83. The topological polar surface area (TPSA) is 51.5 Å². The minimum atomic E-state index is -0.242. The number of carbonyl (C=O) groups is 1. The van der Waals surface area contributed by atoms with E-state index in [0.717, 1.165) is 33.5 Å². The number of aryl methyl sites for hydroxylation is 3. The summed E-state index contributed by atoms with van der Waals surface area (Å²) in [5.74, 6) is 0.863. The molecule has 0 saturated carbocycles. The van der Waals surface area contributed by atoms with Crippen molar-refractivity contribution in [3.8, 4) is 5.75 Å². The van der Waals surface area contributed by atoms with Crippen LogP contribution in [-0.2, 0) is 0 Å². The van der Waals surface area contributed by atoms with Crippen LogP contribution in [0.4, 0.5) is 5.69 Å². The molecular formula is C20H21NO3. The Morgan fingerprint density at radius 2 is 1.92 bits per heavy atom. The third-order valence-electron chi connectivity index (χ3n) is 4.05. The maximum atomic E-state index is 12.6. The second kappa shape index (κ2) is 6.40. The zero-order chi connectivity index (χ0) is 17.3. The summed E-state index contributed by atoms with van der Waals surface area (Å²) in [6.45, 7) is 8.43. The van der Waals surface area contributed by atoms with Crippen LogP contribution in [0.15, 0.2) is 40.8 Å². The largest absolute Gasteiger partial charge is 0.494 e. The van der Waals surface area contributed by atoms with E-state index in [0.29, 0.717) is 18.0 Å². The monoisotopic (exact) mass is 323 g/mol. The highest BCUT2D eigenvalue weighted by Gasteiger charge is 2.18. The molecule has 0 atom stereocenters. The van der Waals surface area contributed by atoms with E-state index >= 15 is 0 Å². The lowest BCUT2D eigenvalue weighted by molar-refractivity contribution is 0.0998. The van der Waals surface area contributed by atoms with Gasteiger partial charge in [0.25, 0.3) is 5.91 Å². The van der Waals surface area contributed by atoms with Crippen molar-refractivity contribution < 1.29 is 13.9 Å². The van der Waals surface area contributed by atoms with Crippen LogP contribution in [0, 0.1) is 20.8 Å². The molecule has 0 spiro atoms. The van der Waals surface area contributed by atoms with E-state index < -0.39 is 0 Å². The van der Waals surface area contributed by atoms with Crippen LogP contribution in [0.3, 0.4) is 0 Å². The van der Waals surface area contributed by atoms with Crippen molar-refractivity contribution in [2.45, 2.75) is 27.7 Å². The molecule has 0 aliphatic rings. The van der Waals surface area contributed by atoms with Gasteiger partial charge in [-0.2, -0.15) is 0 Å². The Morgan fingerprint density at radius 3 is 2.62 bits per heavy atom. The average molecular weight is 323 g/mol. The predicted octanol–water partition coefficient (Wildman–Crippen LogP) is 5.01. The van der Waals surface area contributed by atoms with Crippen molar-refractivity contribution in [1.82, 2.24) is 0 Å². The zero-order valence-electron chi connectivity index (χ0n) is 14.4. The highest BCUT2D eigenvalue weighted by atomic mass is 16.5. The van der Waals surface area contributed by atoms with Crippen LogP contribution >= 0.6 is 0 Å². The molecule has 1 aromatic heterocycles. The Bertz CT molecular complexity index is 909. The average Bonchev–Trinajstić information content (AvgIpc) is 2.87. The van der Waals surface area contributed by atoms with Crippen LogP contribution in [0.5, 0.6) is 5.75 Å². The lowest BCUT2D eigenvalue weighted by Crippen LogP contribution is -2.13. The number of furan rings is 1. The number of anilines is 1. The number of benzene rings is 2. The molecule has 0 aliphatic carbocycles. The Hall–Kier alpha value is -2.75. The van der Waals surface area contributed by atoms with E-state index in [1.165, 1.54) is 0 Å². The van der Waals surface area contributed by atoms with Crippen molar-refractivity contribution in [2.75, 3.05) is 11.9 Å². The van der Waals surface area contributed by atoms with Crippen LogP contribution in [0.2, 0.25) is 0 Å². The van der Waals surface area contributed by atoms with Gasteiger partial charge in [-0.3, -0.25) is 4.79 Å². The molecule has 4 nitrogen and oxygen atoms in total. The first-order valence-corrected chi connectivity index (χ1v) is 8.04. The second-order valence-corrected chi connectivity index (χ2v) is 5.92. The number of carbonyl (C=O) groups excluding carboxylic acids is 1. The molecule has 1 heterocycles. The van der Waals surface area contributed by atoms with Gasteiger partial charge in [0.2, 0.25) is 0 Å². The van der Waals surface area contributed by atoms with E-state index in [1.54, 1.807) is 0 Å². The van der Waals surface area contributed by atoms with Crippen molar-refractivity contribution in [3.63, 3.8) is 0 Å². The molecule has 0 aliphatic heterocycles. The van der Waals surface area contributed by atoms with Crippen molar-refractivity contribution in [3.05, 3.63) is 58.8 Å². The Kier molecular flexibility index (Phi) is 4.30. The van der Waals surface area contributed by atoms with Gasteiger partial charge in [0.05, 0.1) is 6.61 Å². The van der Waals surface area contributed by atoms with Crippen LogP contribution in [0.25, 0.3) is 11.0 Å². The molecule has 1 N–H and O–H groups in total. The normalized spacial score (nSPS) is 10.8. The fraction of sp³-hybridized carbons (Fsp3) is 0.250. The van der Waals surface area contributed by atoms with E-state index in [1.807, 2.05) is 64.1 Å². The van der Waals surface area contributed by atoms with Gasteiger partial charge in [0, 0.05) is 16.6 Å². The van der Waals surface area contributed by atoms with Gasteiger partial charge in [-0.1, -0.05) is 17.7 Å².